The number of nitrogens with one attached hydrogen (secondary N) is 1. The summed E-state index contributed by atoms with van der Waals surface area (Å²) in [5.74, 6) is 0.804. The number of amides is 1. The van der Waals surface area contributed by atoms with Crippen LogP contribution in [0.5, 0.6) is 5.75 Å². The van der Waals surface area contributed by atoms with E-state index in [1.807, 2.05) is 6.07 Å². The van der Waals surface area contributed by atoms with Crippen molar-refractivity contribution in [2.24, 2.45) is 5.92 Å². The molecule has 1 amide bonds. The monoisotopic (exact) mass is 282 g/mol. The van der Waals surface area contributed by atoms with Gasteiger partial charge in [-0.1, -0.05) is 11.6 Å². The summed E-state index contributed by atoms with van der Waals surface area (Å²) in [6, 6.07) is 5.38. The van der Waals surface area contributed by atoms with Crippen LogP contribution in [0.15, 0.2) is 18.2 Å². The van der Waals surface area contributed by atoms with Gasteiger partial charge in [-0.05, 0) is 37.6 Å². The van der Waals surface area contributed by atoms with E-state index in [4.69, 9.17) is 16.3 Å². The first-order chi connectivity index (χ1) is 9.13. The van der Waals surface area contributed by atoms with Gasteiger partial charge < -0.3 is 15.0 Å². The molecule has 1 atom stereocenters. The molecule has 1 aromatic rings. The van der Waals surface area contributed by atoms with Crippen LogP contribution in [-0.4, -0.2) is 33.2 Å². The Morgan fingerprint density at radius 2 is 2.32 bits per heavy atom. The lowest BCUT2D eigenvalue weighted by atomic mass is 9.98. The maximum absolute atomic E-state index is 12.4. The van der Waals surface area contributed by atoms with Crippen molar-refractivity contribution in [3.05, 3.63) is 23.2 Å². The number of halogens is 1. The summed E-state index contributed by atoms with van der Waals surface area (Å²) in [6.07, 6.45) is 1.99. The van der Waals surface area contributed by atoms with E-state index in [0.717, 1.165) is 31.6 Å². The van der Waals surface area contributed by atoms with E-state index in [2.05, 4.69) is 5.32 Å². The van der Waals surface area contributed by atoms with Crippen molar-refractivity contribution in [2.75, 3.05) is 32.1 Å². The Balaban J connectivity index is 2.11. The number of ether oxygens (including phenoxy) is 1. The van der Waals surface area contributed by atoms with Gasteiger partial charge in [-0.15, -0.1) is 0 Å². The number of methoxy groups -OCH3 is 1. The smallest absolute Gasteiger partial charge is 0.231 e. The van der Waals surface area contributed by atoms with Gasteiger partial charge >= 0.3 is 0 Å². The molecular formula is C14H19ClN2O2. The van der Waals surface area contributed by atoms with Gasteiger partial charge in [0.15, 0.2) is 0 Å². The SMILES string of the molecule is COc1ccc(N(C)C(=O)[C@H]2CCCNC2)cc1Cl. The molecule has 1 heterocycles. The van der Waals surface area contributed by atoms with Gasteiger partial charge in [0.1, 0.15) is 5.75 Å². The summed E-state index contributed by atoms with van der Waals surface area (Å²) in [6.45, 7) is 1.76. The van der Waals surface area contributed by atoms with Crippen molar-refractivity contribution < 1.29 is 9.53 Å². The summed E-state index contributed by atoms with van der Waals surface area (Å²) < 4.78 is 5.11. The number of anilines is 1. The summed E-state index contributed by atoms with van der Waals surface area (Å²) in [5, 5.41) is 3.77. The Hall–Kier alpha value is -1.26. The molecule has 19 heavy (non-hydrogen) atoms. The minimum Gasteiger partial charge on any atom is -0.495 e. The third-order valence-corrected chi connectivity index (χ3v) is 3.79. The van der Waals surface area contributed by atoms with Crippen molar-refractivity contribution >= 4 is 23.2 Å². The zero-order chi connectivity index (χ0) is 13.8. The van der Waals surface area contributed by atoms with Crippen molar-refractivity contribution in [3.8, 4) is 5.75 Å². The zero-order valence-corrected chi connectivity index (χ0v) is 12.0. The number of nitrogens with zero attached hydrogens (tertiary/aromatic N) is 1. The highest BCUT2D eigenvalue weighted by Gasteiger charge is 2.24. The van der Waals surface area contributed by atoms with E-state index in [0.29, 0.717) is 10.8 Å². The van der Waals surface area contributed by atoms with Gasteiger partial charge in [-0.3, -0.25) is 4.79 Å². The molecule has 4 nitrogen and oxygen atoms in total. The first-order valence-corrected chi connectivity index (χ1v) is 6.83. The fraction of sp³-hybridized carbons (Fsp3) is 0.500. The summed E-state index contributed by atoms with van der Waals surface area (Å²) >= 11 is 6.09. The zero-order valence-electron chi connectivity index (χ0n) is 11.3. The Morgan fingerprint density at radius 1 is 1.53 bits per heavy atom. The predicted octanol–water partition coefficient (Wildman–Crippen LogP) is 2.31. The lowest BCUT2D eigenvalue weighted by molar-refractivity contribution is -0.122. The molecule has 0 unspecified atom stereocenters. The number of hydrogen-bond donors (Lipinski definition) is 1. The maximum atomic E-state index is 12.4. The molecular weight excluding hydrogens is 264 g/mol. The number of carbonyl (C=O) groups is 1. The molecule has 0 saturated carbocycles. The largest absolute Gasteiger partial charge is 0.495 e. The number of carbonyl (C=O) groups excluding carboxylic acids is 1. The van der Waals surface area contributed by atoms with Crippen LogP contribution in [0.1, 0.15) is 12.8 Å². The highest BCUT2D eigenvalue weighted by molar-refractivity contribution is 6.32. The standard InChI is InChI=1S/C14H19ClN2O2/c1-17(14(18)10-4-3-7-16-9-10)11-5-6-13(19-2)12(15)8-11/h5-6,8,10,16H,3-4,7,9H2,1-2H3/t10-/m0/s1. The van der Waals surface area contributed by atoms with Crippen molar-refractivity contribution in [1.29, 1.82) is 0 Å². The molecule has 2 rings (SSSR count). The third-order valence-electron chi connectivity index (χ3n) is 3.50. The molecule has 1 N–H and O–H groups in total. The highest BCUT2D eigenvalue weighted by atomic mass is 35.5. The normalized spacial score (nSPS) is 19.0. The first-order valence-electron chi connectivity index (χ1n) is 6.45. The topological polar surface area (TPSA) is 41.6 Å². The first kappa shape index (κ1) is 14.2. The molecule has 1 saturated heterocycles. The Morgan fingerprint density at radius 3 is 2.89 bits per heavy atom. The quantitative estimate of drug-likeness (QED) is 0.925. The minimum atomic E-state index is 0.0552. The van der Waals surface area contributed by atoms with Crippen LogP contribution < -0.4 is 15.0 Å². The van der Waals surface area contributed by atoms with Crippen molar-refractivity contribution in [1.82, 2.24) is 5.32 Å². The molecule has 1 aliphatic heterocycles. The van der Waals surface area contributed by atoms with Crippen molar-refractivity contribution in [3.63, 3.8) is 0 Å². The van der Waals surface area contributed by atoms with E-state index in [-0.39, 0.29) is 11.8 Å². The average molecular weight is 283 g/mol. The third kappa shape index (κ3) is 3.19. The lowest BCUT2D eigenvalue weighted by Crippen LogP contribution is -2.41. The van der Waals surface area contributed by atoms with E-state index < -0.39 is 0 Å². The van der Waals surface area contributed by atoms with Gasteiger partial charge in [0.05, 0.1) is 18.1 Å². The maximum Gasteiger partial charge on any atom is 0.231 e. The van der Waals surface area contributed by atoms with Gasteiger partial charge in [0, 0.05) is 19.3 Å². The minimum absolute atomic E-state index is 0.0552. The van der Waals surface area contributed by atoms with Crippen LogP contribution >= 0.6 is 11.6 Å². The molecule has 1 aromatic carbocycles. The van der Waals surface area contributed by atoms with Crippen LogP contribution in [0, 0.1) is 5.92 Å². The van der Waals surface area contributed by atoms with E-state index >= 15 is 0 Å². The summed E-state index contributed by atoms with van der Waals surface area (Å²) in [7, 11) is 3.36. The number of piperidine rings is 1. The second-order valence-corrected chi connectivity index (χ2v) is 5.17. The van der Waals surface area contributed by atoms with Crippen LogP contribution in [-0.2, 0) is 4.79 Å². The molecule has 0 radical (unpaired) electrons. The van der Waals surface area contributed by atoms with Gasteiger partial charge in [-0.2, -0.15) is 0 Å². The molecule has 0 aromatic heterocycles. The van der Waals surface area contributed by atoms with Gasteiger partial charge in [0.25, 0.3) is 0 Å². The molecule has 5 heteroatoms. The van der Waals surface area contributed by atoms with Crippen molar-refractivity contribution in [2.45, 2.75) is 12.8 Å². The Kier molecular flexibility index (Phi) is 4.66. The van der Waals surface area contributed by atoms with E-state index in [9.17, 15) is 4.79 Å². The van der Waals surface area contributed by atoms with E-state index in [1.54, 1.807) is 31.2 Å². The number of hydrogen-bond acceptors (Lipinski definition) is 3. The molecule has 1 fully saturated rings. The Labute approximate surface area is 118 Å². The fourth-order valence-electron chi connectivity index (χ4n) is 2.33. The second kappa shape index (κ2) is 6.26. The highest BCUT2D eigenvalue weighted by Crippen LogP contribution is 2.29. The molecule has 0 spiro atoms. The average Bonchev–Trinajstić information content (AvgIpc) is 2.46. The van der Waals surface area contributed by atoms with Gasteiger partial charge in [0.2, 0.25) is 5.91 Å². The van der Waals surface area contributed by atoms with Gasteiger partial charge in [-0.25, -0.2) is 0 Å². The van der Waals surface area contributed by atoms with Crippen LogP contribution in [0.25, 0.3) is 0 Å². The predicted molar refractivity (Wildman–Crippen MR) is 77.0 cm³/mol. The fourth-order valence-corrected chi connectivity index (χ4v) is 2.58. The lowest BCUT2D eigenvalue weighted by Gasteiger charge is -2.27. The molecule has 104 valence electrons. The van der Waals surface area contributed by atoms with Crippen LogP contribution in [0.3, 0.4) is 0 Å². The molecule has 0 bridgehead atoms. The molecule has 1 aliphatic rings. The second-order valence-electron chi connectivity index (χ2n) is 4.76. The summed E-state index contributed by atoms with van der Waals surface area (Å²) in [5.41, 5.74) is 0.793. The Bertz CT molecular complexity index is 459. The number of rotatable bonds is 3. The molecule has 0 aliphatic carbocycles. The van der Waals surface area contributed by atoms with E-state index in [1.165, 1.54) is 0 Å². The van der Waals surface area contributed by atoms with Crippen LogP contribution in [0.4, 0.5) is 5.69 Å². The van der Waals surface area contributed by atoms with Crippen LogP contribution in [0.2, 0.25) is 5.02 Å². The number of benzene rings is 1. The summed E-state index contributed by atoms with van der Waals surface area (Å²) in [4.78, 5) is 14.0.